The lowest BCUT2D eigenvalue weighted by Crippen LogP contribution is -2.15. The molecule has 0 saturated heterocycles. The molecule has 6 nitrogen and oxygen atoms in total. The normalized spacial score (nSPS) is 13.9. The van der Waals surface area contributed by atoms with Crippen molar-refractivity contribution in [3.05, 3.63) is 60.2 Å². The van der Waals surface area contributed by atoms with E-state index < -0.39 is 0 Å². The first kappa shape index (κ1) is 13.9. The molecule has 1 aromatic heterocycles. The van der Waals surface area contributed by atoms with Crippen LogP contribution in [0.25, 0.3) is 5.69 Å². The van der Waals surface area contributed by atoms with Crippen LogP contribution in [0.15, 0.2) is 54.6 Å². The predicted molar refractivity (Wildman–Crippen MR) is 85.5 cm³/mol. The second kappa shape index (κ2) is 6.18. The van der Waals surface area contributed by atoms with Gasteiger partial charge in [-0.25, -0.2) is 0 Å². The second-order valence-corrected chi connectivity index (χ2v) is 5.61. The fourth-order valence-electron chi connectivity index (χ4n) is 2.30. The Balaban J connectivity index is 1.47. The summed E-state index contributed by atoms with van der Waals surface area (Å²) < 4.78 is 7.38. The summed E-state index contributed by atoms with van der Waals surface area (Å²) in [4.78, 5) is 0. The highest BCUT2D eigenvalue weighted by Gasteiger charge is 2.19. The topological polar surface area (TPSA) is 64.9 Å². The van der Waals surface area contributed by atoms with E-state index in [9.17, 15) is 0 Å². The van der Waals surface area contributed by atoms with Crippen molar-refractivity contribution >= 4 is 0 Å². The molecule has 1 fully saturated rings. The number of hydrogen-bond acceptors (Lipinski definition) is 5. The van der Waals surface area contributed by atoms with Crippen LogP contribution in [0, 0.1) is 0 Å². The average Bonchev–Trinajstić information content (AvgIpc) is 3.32. The van der Waals surface area contributed by atoms with Gasteiger partial charge in [-0.3, -0.25) is 0 Å². The van der Waals surface area contributed by atoms with Gasteiger partial charge in [0.25, 0.3) is 0 Å². The van der Waals surface area contributed by atoms with Gasteiger partial charge in [-0.05, 0) is 53.1 Å². The lowest BCUT2D eigenvalue weighted by molar-refractivity contribution is 0.427. The largest absolute Gasteiger partial charge is 0.423 e. The van der Waals surface area contributed by atoms with E-state index >= 15 is 0 Å². The smallest absolute Gasteiger partial charge is 0.345 e. The van der Waals surface area contributed by atoms with E-state index in [0.717, 1.165) is 12.2 Å². The molecule has 0 amide bonds. The molecule has 3 aromatic rings. The maximum atomic E-state index is 5.80. The predicted octanol–water partition coefficient (Wildman–Crippen LogP) is 2.71. The summed E-state index contributed by atoms with van der Waals surface area (Å²) in [6.45, 7) is 0.896. The van der Waals surface area contributed by atoms with Crippen LogP contribution in [0.5, 0.6) is 11.8 Å². The van der Waals surface area contributed by atoms with E-state index in [1.165, 1.54) is 18.4 Å². The summed E-state index contributed by atoms with van der Waals surface area (Å²) in [5.41, 5.74) is 2.10. The van der Waals surface area contributed by atoms with Crippen LogP contribution < -0.4 is 10.1 Å². The zero-order valence-electron chi connectivity index (χ0n) is 12.6. The second-order valence-electron chi connectivity index (χ2n) is 5.61. The maximum absolute atomic E-state index is 5.80. The van der Waals surface area contributed by atoms with E-state index in [4.69, 9.17) is 4.74 Å². The molecule has 1 N–H and O–H groups in total. The molecule has 116 valence electrons. The quantitative estimate of drug-likeness (QED) is 0.758. The molecule has 1 heterocycles. The van der Waals surface area contributed by atoms with Gasteiger partial charge >= 0.3 is 6.01 Å². The summed E-state index contributed by atoms with van der Waals surface area (Å²) in [6.07, 6.45) is 2.59. The lowest BCUT2D eigenvalue weighted by atomic mass is 10.2. The number of nitrogens with one attached hydrogen (secondary N) is 1. The van der Waals surface area contributed by atoms with Crippen LogP contribution in [-0.4, -0.2) is 26.2 Å². The first-order valence-corrected chi connectivity index (χ1v) is 7.72. The number of nitrogens with zero attached hydrogens (tertiary/aromatic N) is 4. The highest BCUT2D eigenvalue weighted by molar-refractivity contribution is 5.34. The van der Waals surface area contributed by atoms with Gasteiger partial charge in [0, 0.05) is 12.6 Å². The Hall–Kier alpha value is -2.73. The Bertz CT molecular complexity index is 765. The molecule has 0 atom stereocenters. The highest BCUT2D eigenvalue weighted by atomic mass is 16.5. The molecule has 0 spiro atoms. The summed E-state index contributed by atoms with van der Waals surface area (Å²) in [7, 11) is 0. The molecular formula is C17H17N5O. The van der Waals surface area contributed by atoms with E-state index in [0.29, 0.717) is 17.8 Å². The Morgan fingerprint density at radius 3 is 2.57 bits per heavy atom. The van der Waals surface area contributed by atoms with Crippen LogP contribution in [0.4, 0.5) is 0 Å². The number of benzene rings is 2. The third-order valence-corrected chi connectivity index (χ3v) is 3.75. The van der Waals surface area contributed by atoms with Gasteiger partial charge in [0.15, 0.2) is 0 Å². The molecule has 6 heteroatoms. The molecule has 1 aliphatic carbocycles. The summed E-state index contributed by atoms with van der Waals surface area (Å²) in [6, 6.07) is 18.7. The third kappa shape index (κ3) is 3.37. The third-order valence-electron chi connectivity index (χ3n) is 3.75. The van der Waals surface area contributed by atoms with E-state index in [1.807, 2.05) is 42.5 Å². The van der Waals surface area contributed by atoms with Crippen LogP contribution in [0.2, 0.25) is 0 Å². The molecule has 0 radical (unpaired) electrons. The van der Waals surface area contributed by atoms with E-state index in [1.54, 1.807) is 4.68 Å². The molecule has 2 aromatic carbocycles. The van der Waals surface area contributed by atoms with Gasteiger partial charge in [-0.2, -0.15) is 4.68 Å². The first-order chi connectivity index (χ1) is 11.4. The van der Waals surface area contributed by atoms with Crippen molar-refractivity contribution in [2.45, 2.75) is 25.4 Å². The van der Waals surface area contributed by atoms with Gasteiger partial charge in [0.1, 0.15) is 5.75 Å². The average molecular weight is 307 g/mol. The van der Waals surface area contributed by atoms with Crippen molar-refractivity contribution < 1.29 is 4.74 Å². The maximum Gasteiger partial charge on any atom is 0.345 e. The van der Waals surface area contributed by atoms with Crippen molar-refractivity contribution in [2.75, 3.05) is 0 Å². The molecule has 0 aliphatic heterocycles. The number of rotatable bonds is 6. The lowest BCUT2D eigenvalue weighted by Gasteiger charge is -2.07. The molecule has 1 saturated carbocycles. The summed E-state index contributed by atoms with van der Waals surface area (Å²) in [5.74, 6) is 0.715. The number of tetrazole rings is 1. The van der Waals surface area contributed by atoms with Crippen molar-refractivity contribution in [1.29, 1.82) is 0 Å². The minimum atomic E-state index is 0.347. The summed E-state index contributed by atoms with van der Waals surface area (Å²) >= 11 is 0. The molecule has 1 aliphatic rings. The number of ether oxygens (including phenoxy) is 1. The molecule has 0 unspecified atom stereocenters. The van der Waals surface area contributed by atoms with Gasteiger partial charge < -0.3 is 10.1 Å². The molecular weight excluding hydrogens is 290 g/mol. The Labute approximate surface area is 134 Å². The van der Waals surface area contributed by atoms with Crippen molar-refractivity contribution in [3.8, 4) is 17.4 Å². The summed E-state index contributed by atoms with van der Waals surface area (Å²) in [5, 5.41) is 15.1. The Kier molecular flexibility index (Phi) is 3.73. The Morgan fingerprint density at radius 1 is 1.04 bits per heavy atom. The fourth-order valence-corrected chi connectivity index (χ4v) is 2.30. The zero-order valence-corrected chi connectivity index (χ0v) is 12.6. The van der Waals surface area contributed by atoms with Gasteiger partial charge in [-0.15, -0.1) is 0 Å². The van der Waals surface area contributed by atoms with Crippen LogP contribution in [0.1, 0.15) is 18.4 Å². The van der Waals surface area contributed by atoms with Crippen LogP contribution in [-0.2, 0) is 6.54 Å². The number of para-hydroxylation sites is 1. The highest BCUT2D eigenvalue weighted by Crippen LogP contribution is 2.22. The Morgan fingerprint density at radius 2 is 1.83 bits per heavy atom. The zero-order chi connectivity index (χ0) is 15.5. The molecule has 23 heavy (non-hydrogen) atoms. The van der Waals surface area contributed by atoms with E-state index in [-0.39, 0.29) is 0 Å². The molecule has 4 rings (SSSR count). The van der Waals surface area contributed by atoms with Crippen molar-refractivity contribution in [2.24, 2.45) is 0 Å². The fraction of sp³-hybridized carbons (Fsp3) is 0.235. The van der Waals surface area contributed by atoms with Crippen molar-refractivity contribution in [1.82, 2.24) is 25.5 Å². The number of hydrogen-bond donors (Lipinski definition) is 1. The first-order valence-electron chi connectivity index (χ1n) is 7.72. The SMILES string of the molecule is c1ccc(-n2nnnc2Oc2ccc(CNC3CC3)cc2)cc1. The van der Waals surface area contributed by atoms with Gasteiger partial charge in [0.05, 0.1) is 5.69 Å². The monoisotopic (exact) mass is 307 g/mol. The van der Waals surface area contributed by atoms with Gasteiger partial charge in [0.2, 0.25) is 0 Å². The van der Waals surface area contributed by atoms with Gasteiger partial charge in [-0.1, -0.05) is 35.4 Å². The van der Waals surface area contributed by atoms with Crippen LogP contribution >= 0.6 is 0 Å². The number of aromatic nitrogens is 4. The van der Waals surface area contributed by atoms with E-state index in [2.05, 4.69) is 33.0 Å². The standard InChI is InChI=1S/C17H17N5O/c1-2-4-15(5-3-1)22-17(19-20-21-22)23-16-10-6-13(7-11-16)12-18-14-8-9-14/h1-7,10-11,14,18H,8-9,12H2. The molecule has 0 bridgehead atoms. The van der Waals surface area contributed by atoms with Crippen LogP contribution in [0.3, 0.4) is 0 Å². The minimum Gasteiger partial charge on any atom is -0.423 e. The van der Waals surface area contributed by atoms with Crippen molar-refractivity contribution in [3.63, 3.8) is 0 Å². The minimum absolute atomic E-state index is 0.347.